The largest absolute Gasteiger partial charge is 0.492 e. The predicted molar refractivity (Wildman–Crippen MR) is 135 cm³/mol. The molecule has 0 bridgehead atoms. The molecule has 16 heteroatoms. The number of amides is 3. The smallest absolute Gasteiger partial charge is 0.333 e. The van der Waals surface area contributed by atoms with Crippen molar-refractivity contribution in [1.82, 2.24) is 20.7 Å². The third kappa shape index (κ3) is 13.9. The first kappa shape index (κ1) is 33.5. The Hall–Kier alpha value is -4.50. The van der Waals surface area contributed by atoms with Gasteiger partial charge in [-0.3, -0.25) is 9.59 Å². The van der Waals surface area contributed by atoms with Crippen LogP contribution in [0.3, 0.4) is 0 Å². The number of carbonyl (C=O) groups is 6. The topological polar surface area (TPSA) is 254 Å². The van der Waals surface area contributed by atoms with Gasteiger partial charge < -0.3 is 46.3 Å². The summed E-state index contributed by atoms with van der Waals surface area (Å²) in [5.74, 6) is -5.63. The molecule has 0 spiro atoms. The zero-order chi connectivity index (χ0) is 30.1. The van der Waals surface area contributed by atoms with Crippen LogP contribution in [-0.2, 0) is 24.0 Å². The Kier molecular flexibility index (Phi) is 15.0. The van der Waals surface area contributed by atoms with Gasteiger partial charge in [-0.05, 0) is 38.5 Å². The maximum atomic E-state index is 12.0. The van der Waals surface area contributed by atoms with Gasteiger partial charge in [-0.15, -0.1) is 4.73 Å². The van der Waals surface area contributed by atoms with Crippen LogP contribution < -0.4 is 20.8 Å². The molecular formula is C24H36N4O12. The molecule has 0 saturated heterocycles. The van der Waals surface area contributed by atoms with E-state index >= 15 is 0 Å². The van der Waals surface area contributed by atoms with Crippen molar-refractivity contribution in [2.75, 3.05) is 6.54 Å². The zero-order valence-corrected chi connectivity index (χ0v) is 21.8. The van der Waals surface area contributed by atoms with E-state index in [0.29, 0.717) is 49.8 Å². The van der Waals surface area contributed by atoms with E-state index in [0.717, 1.165) is 0 Å². The predicted octanol–water partition coefficient (Wildman–Crippen LogP) is 0.552. The molecule has 0 aromatic carbocycles. The van der Waals surface area contributed by atoms with Gasteiger partial charge >= 0.3 is 29.9 Å². The first-order valence-corrected chi connectivity index (χ1v) is 12.7. The number of carbonyl (C=O) groups excluding carboxylic acids is 3. The summed E-state index contributed by atoms with van der Waals surface area (Å²) < 4.78 is 0.617. The van der Waals surface area contributed by atoms with Gasteiger partial charge in [-0.2, -0.15) is 0 Å². The Morgan fingerprint density at radius 2 is 1.27 bits per heavy atom. The lowest BCUT2D eigenvalue weighted by Crippen LogP contribution is -2.51. The lowest BCUT2D eigenvalue weighted by atomic mass is 10.1. The standard InChI is InChI=1S/C24H36N4O12/c29-17(8-3-1-2-4-9-21(34)40-28-18(30)11-12-19(28)31)25-14-6-5-7-15(22(35)36)26-24(39)27-16(23(37)38)10-13-20(32)33/h11-12,15-16,30-31H,1-10,13-14H2,(H,25,29)(H,32,33)(H,35,36)(H,37,38)(H2,26,27,39). The summed E-state index contributed by atoms with van der Waals surface area (Å²) in [5.41, 5.74) is 0. The summed E-state index contributed by atoms with van der Waals surface area (Å²) in [6.07, 6.45) is 2.72. The molecule has 0 aliphatic carbocycles. The summed E-state index contributed by atoms with van der Waals surface area (Å²) in [6, 6.07) is -1.49. The number of unbranched alkanes of at least 4 members (excludes halogenated alkanes) is 4. The molecular weight excluding hydrogens is 536 g/mol. The summed E-state index contributed by atoms with van der Waals surface area (Å²) in [4.78, 5) is 73.7. The molecule has 16 nitrogen and oxygen atoms in total. The van der Waals surface area contributed by atoms with E-state index in [-0.39, 0.29) is 31.6 Å². The highest BCUT2D eigenvalue weighted by atomic mass is 16.7. The molecule has 40 heavy (non-hydrogen) atoms. The molecule has 0 saturated carbocycles. The molecule has 224 valence electrons. The van der Waals surface area contributed by atoms with Crippen LogP contribution in [0.25, 0.3) is 0 Å². The number of rotatable bonds is 20. The number of carboxylic acid groups (broad SMARTS) is 3. The monoisotopic (exact) mass is 572 g/mol. The van der Waals surface area contributed by atoms with E-state index < -0.39 is 60.2 Å². The van der Waals surface area contributed by atoms with E-state index in [4.69, 9.17) is 15.1 Å². The number of aliphatic carboxylic acids is 3. The number of nitrogens with one attached hydrogen (secondary N) is 3. The molecule has 8 N–H and O–H groups in total. The van der Waals surface area contributed by atoms with Crippen LogP contribution in [0.2, 0.25) is 0 Å². The molecule has 3 amide bonds. The zero-order valence-electron chi connectivity index (χ0n) is 21.8. The summed E-state index contributed by atoms with van der Waals surface area (Å²) in [6.45, 7) is 0.290. The fourth-order valence-corrected chi connectivity index (χ4v) is 3.48. The second-order valence-electron chi connectivity index (χ2n) is 8.90. The number of aromatic hydroxyl groups is 2. The highest BCUT2D eigenvalue weighted by Gasteiger charge is 2.24. The molecule has 0 radical (unpaired) electrons. The third-order valence-corrected chi connectivity index (χ3v) is 5.62. The van der Waals surface area contributed by atoms with Crippen LogP contribution >= 0.6 is 0 Å². The Balaban J connectivity index is 2.17. The molecule has 0 fully saturated rings. The lowest BCUT2D eigenvalue weighted by Gasteiger charge is -2.18. The van der Waals surface area contributed by atoms with Crippen LogP contribution in [-0.4, -0.2) is 84.7 Å². The molecule has 0 aliphatic rings. The number of aromatic nitrogens is 1. The van der Waals surface area contributed by atoms with Crippen molar-refractivity contribution >= 4 is 35.8 Å². The maximum Gasteiger partial charge on any atom is 0.333 e. The van der Waals surface area contributed by atoms with Crippen LogP contribution in [0.4, 0.5) is 4.79 Å². The van der Waals surface area contributed by atoms with Gasteiger partial charge in [0.2, 0.25) is 17.7 Å². The van der Waals surface area contributed by atoms with Crippen LogP contribution in [0.15, 0.2) is 12.1 Å². The average Bonchev–Trinajstić information content (AvgIpc) is 3.19. The second-order valence-corrected chi connectivity index (χ2v) is 8.90. The van der Waals surface area contributed by atoms with Crippen molar-refractivity contribution in [3.05, 3.63) is 12.1 Å². The Labute approximate surface area is 229 Å². The van der Waals surface area contributed by atoms with Crippen molar-refractivity contribution in [3.63, 3.8) is 0 Å². The first-order chi connectivity index (χ1) is 18.9. The van der Waals surface area contributed by atoms with Gasteiger partial charge in [0.1, 0.15) is 12.1 Å². The van der Waals surface area contributed by atoms with E-state index in [9.17, 15) is 44.1 Å². The minimum Gasteiger partial charge on any atom is -0.492 e. The summed E-state index contributed by atoms with van der Waals surface area (Å²) >= 11 is 0. The van der Waals surface area contributed by atoms with E-state index in [1.165, 1.54) is 12.1 Å². The van der Waals surface area contributed by atoms with Crippen molar-refractivity contribution in [3.8, 4) is 11.8 Å². The quantitative estimate of drug-likeness (QED) is 0.0997. The van der Waals surface area contributed by atoms with E-state index in [1.54, 1.807) is 0 Å². The minimum absolute atomic E-state index is 0.0253. The van der Waals surface area contributed by atoms with Crippen molar-refractivity contribution in [1.29, 1.82) is 0 Å². The summed E-state index contributed by atoms with van der Waals surface area (Å²) in [5, 5.41) is 52.8. The number of carboxylic acids is 3. The Morgan fingerprint density at radius 3 is 1.82 bits per heavy atom. The molecule has 1 heterocycles. The van der Waals surface area contributed by atoms with Crippen molar-refractivity contribution in [2.45, 2.75) is 82.7 Å². The van der Waals surface area contributed by atoms with Gasteiger partial charge in [0.05, 0.1) is 0 Å². The fraction of sp³-hybridized carbons (Fsp3) is 0.583. The van der Waals surface area contributed by atoms with Gasteiger partial charge in [0, 0.05) is 37.9 Å². The van der Waals surface area contributed by atoms with Gasteiger partial charge in [-0.25, -0.2) is 19.2 Å². The molecule has 2 unspecified atom stereocenters. The SMILES string of the molecule is O=C(O)CCC(NC(=O)NC(CCCCNC(=O)CCCCCCC(=O)On1c(O)ccc1O)C(=O)O)C(=O)O. The highest BCUT2D eigenvalue weighted by molar-refractivity contribution is 5.86. The number of nitrogens with zero attached hydrogens (tertiary/aromatic N) is 1. The van der Waals surface area contributed by atoms with Gasteiger partial charge in [-0.1, -0.05) is 12.8 Å². The van der Waals surface area contributed by atoms with Crippen molar-refractivity contribution < 1.29 is 59.1 Å². The highest BCUT2D eigenvalue weighted by Crippen LogP contribution is 2.19. The lowest BCUT2D eigenvalue weighted by molar-refractivity contribution is -0.145. The second kappa shape index (κ2) is 17.9. The van der Waals surface area contributed by atoms with Crippen LogP contribution in [0, 0.1) is 0 Å². The molecule has 2 atom stereocenters. The molecule has 1 aromatic heterocycles. The van der Waals surface area contributed by atoms with Crippen LogP contribution in [0.5, 0.6) is 11.8 Å². The van der Waals surface area contributed by atoms with Gasteiger partial charge in [0.25, 0.3) is 0 Å². The maximum absolute atomic E-state index is 12.0. The normalized spacial score (nSPS) is 12.1. The van der Waals surface area contributed by atoms with E-state index in [1.807, 2.05) is 5.32 Å². The first-order valence-electron chi connectivity index (χ1n) is 12.7. The number of hydrogen-bond acceptors (Lipinski definition) is 9. The average molecular weight is 573 g/mol. The van der Waals surface area contributed by atoms with E-state index in [2.05, 4.69) is 10.6 Å². The van der Waals surface area contributed by atoms with Crippen LogP contribution in [0.1, 0.15) is 70.6 Å². The Bertz CT molecular complexity index is 1010. The number of urea groups is 1. The fourth-order valence-electron chi connectivity index (χ4n) is 3.48. The molecule has 1 aromatic rings. The Morgan fingerprint density at radius 1 is 0.725 bits per heavy atom. The molecule has 1 rings (SSSR count). The minimum atomic E-state index is -1.49. The third-order valence-electron chi connectivity index (χ3n) is 5.62. The van der Waals surface area contributed by atoms with Crippen molar-refractivity contribution in [2.24, 2.45) is 0 Å². The molecule has 0 aliphatic heterocycles. The number of hydrogen-bond donors (Lipinski definition) is 8. The summed E-state index contributed by atoms with van der Waals surface area (Å²) in [7, 11) is 0. The van der Waals surface area contributed by atoms with Gasteiger partial charge in [0.15, 0.2) is 0 Å².